The maximum absolute atomic E-state index is 13.3. The van der Waals surface area contributed by atoms with Gasteiger partial charge in [0.1, 0.15) is 6.61 Å². The number of aryl methyl sites for hydroxylation is 1. The SMILES string of the molecule is Cc1ccc(-c2nn(-c3ccccc3)cc2C=c2sc3nc(C4COc5ccccc5O4)nn3c2=O)cc1. The van der Waals surface area contributed by atoms with Gasteiger partial charge in [-0.25, -0.2) is 4.68 Å². The lowest BCUT2D eigenvalue weighted by molar-refractivity contribution is 0.0852. The van der Waals surface area contributed by atoms with Gasteiger partial charge < -0.3 is 9.47 Å². The molecule has 7 rings (SSSR count). The summed E-state index contributed by atoms with van der Waals surface area (Å²) in [4.78, 5) is 18.4. The maximum Gasteiger partial charge on any atom is 0.291 e. The first kappa shape index (κ1) is 22.4. The van der Waals surface area contributed by atoms with E-state index in [0.717, 1.165) is 22.5 Å². The third-order valence-electron chi connectivity index (χ3n) is 6.37. The van der Waals surface area contributed by atoms with Crippen LogP contribution in [0.2, 0.25) is 0 Å². The first-order valence-corrected chi connectivity index (χ1v) is 13.0. The summed E-state index contributed by atoms with van der Waals surface area (Å²) in [6.07, 6.45) is 3.32. The summed E-state index contributed by atoms with van der Waals surface area (Å²) in [7, 11) is 0. The molecule has 1 unspecified atom stereocenters. The number of para-hydroxylation sites is 3. The number of rotatable bonds is 4. The summed E-state index contributed by atoms with van der Waals surface area (Å²) in [5.41, 5.74) is 4.47. The molecule has 8 nitrogen and oxygen atoms in total. The van der Waals surface area contributed by atoms with Gasteiger partial charge in [0.15, 0.2) is 23.4 Å². The number of fused-ring (bicyclic) bond motifs is 2. The largest absolute Gasteiger partial charge is 0.485 e. The lowest BCUT2D eigenvalue weighted by Gasteiger charge is -2.24. The summed E-state index contributed by atoms with van der Waals surface area (Å²) in [6, 6.07) is 25.6. The molecule has 4 heterocycles. The number of benzene rings is 3. The van der Waals surface area contributed by atoms with Gasteiger partial charge in [-0.2, -0.15) is 14.6 Å². The van der Waals surface area contributed by atoms with Crippen LogP contribution in [0.3, 0.4) is 0 Å². The molecule has 1 aliphatic rings. The van der Waals surface area contributed by atoms with Crippen molar-refractivity contribution < 1.29 is 9.47 Å². The molecule has 1 aliphatic heterocycles. The van der Waals surface area contributed by atoms with Crippen LogP contribution in [0.5, 0.6) is 11.5 Å². The third kappa shape index (κ3) is 3.93. The molecular formula is C29H21N5O3S. The lowest BCUT2D eigenvalue weighted by Crippen LogP contribution is -2.26. The highest BCUT2D eigenvalue weighted by molar-refractivity contribution is 7.15. The lowest BCUT2D eigenvalue weighted by atomic mass is 10.1. The number of nitrogens with zero attached hydrogens (tertiary/aromatic N) is 5. The molecule has 0 aliphatic carbocycles. The van der Waals surface area contributed by atoms with Crippen LogP contribution in [0.4, 0.5) is 0 Å². The molecule has 0 saturated carbocycles. The zero-order valence-corrected chi connectivity index (χ0v) is 21.1. The third-order valence-corrected chi connectivity index (χ3v) is 7.33. The fraction of sp³-hybridized carbons (Fsp3) is 0.103. The van der Waals surface area contributed by atoms with Crippen molar-refractivity contribution in [3.8, 4) is 28.4 Å². The van der Waals surface area contributed by atoms with Gasteiger partial charge in [0, 0.05) is 17.3 Å². The van der Waals surface area contributed by atoms with E-state index in [1.165, 1.54) is 21.4 Å². The van der Waals surface area contributed by atoms with Crippen LogP contribution in [0, 0.1) is 6.92 Å². The van der Waals surface area contributed by atoms with Crippen LogP contribution < -0.4 is 19.6 Å². The van der Waals surface area contributed by atoms with Crippen molar-refractivity contribution in [2.75, 3.05) is 6.61 Å². The van der Waals surface area contributed by atoms with Crippen molar-refractivity contribution in [3.05, 3.63) is 117 Å². The van der Waals surface area contributed by atoms with Gasteiger partial charge in [0.25, 0.3) is 5.56 Å². The molecule has 6 aromatic rings. The maximum atomic E-state index is 13.3. The van der Waals surface area contributed by atoms with Crippen molar-refractivity contribution >= 4 is 22.4 Å². The second-order valence-electron chi connectivity index (χ2n) is 9.02. The first-order chi connectivity index (χ1) is 18.6. The monoisotopic (exact) mass is 519 g/mol. The minimum absolute atomic E-state index is 0.233. The molecule has 0 fully saturated rings. The van der Waals surface area contributed by atoms with E-state index in [1.807, 2.05) is 83.7 Å². The Labute approximate surface area is 221 Å². The Morgan fingerprint density at radius 1 is 0.947 bits per heavy atom. The average Bonchev–Trinajstić information content (AvgIpc) is 3.64. The summed E-state index contributed by atoms with van der Waals surface area (Å²) in [6.45, 7) is 2.33. The quantitative estimate of drug-likeness (QED) is 0.344. The number of ether oxygens (including phenoxy) is 2. The highest BCUT2D eigenvalue weighted by Crippen LogP contribution is 2.35. The molecule has 1 atom stereocenters. The molecule has 0 bridgehead atoms. The summed E-state index contributed by atoms with van der Waals surface area (Å²) in [5, 5.41) is 9.33. The van der Waals surface area contributed by atoms with E-state index in [4.69, 9.17) is 14.6 Å². The zero-order valence-electron chi connectivity index (χ0n) is 20.3. The Hall–Kier alpha value is -4.76. The Bertz CT molecular complexity index is 1890. The number of hydrogen-bond donors (Lipinski definition) is 0. The fourth-order valence-corrected chi connectivity index (χ4v) is 5.32. The van der Waals surface area contributed by atoms with Gasteiger partial charge in [0.05, 0.1) is 15.9 Å². The molecule has 0 radical (unpaired) electrons. The minimum Gasteiger partial charge on any atom is -0.485 e. The second kappa shape index (κ2) is 8.97. The normalized spacial score (nSPS) is 15.3. The van der Waals surface area contributed by atoms with E-state index in [9.17, 15) is 4.79 Å². The Balaban J connectivity index is 1.29. The summed E-state index contributed by atoms with van der Waals surface area (Å²) < 4.78 is 15.5. The molecule has 0 saturated heterocycles. The van der Waals surface area contributed by atoms with Gasteiger partial charge in [-0.3, -0.25) is 4.79 Å². The molecule has 0 spiro atoms. The van der Waals surface area contributed by atoms with Gasteiger partial charge in [-0.15, -0.1) is 5.10 Å². The Kier molecular flexibility index (Phi) is 5.29. The van der Waals surface area contributed by atoms with Crippen LogP contribution in [-0.4, -0.2) is 31.0 Å². The first-order valence-electron chi connectivity index (χ1n) is 12.1. The highest BCUT2D eigenvalue weighted by Gasteiger charge is 2.27. The van der Waals surface area contributed by atoms with Gasteiger partial charge in [-0.05, 0) is 37.3 Å². The van der Waals surface area contributed by atoms with Crippen molar-refractivity contribution in [2.45, 2.75) is 13.0 Å². The fourth-order valence-electron chi connectivity index (χ4n) is 4.41. The van der Waals surface area contributed by atoms with E-state index < -0.39 is 6.10 Å². The zero-order chi connectivity index (χ0) is 25.6. The smallest absolute Gasteiger partial charge is 0.291 e. The van der Waals surface area contributed by atoms with Crippen molar-refractivity contribution in [1.82, 2.24) is 24.4 Å². The van der Waals surface area contributed by atoms with Crippen LogP contribution >= 0.6 is 11.3 Å². The van der Waals surface area contributed by atoms with Gasteiger partial charge >= 0.3 is 0 Å². The summed E-state index contributed by atoms with van der Waals surface area (Å²) in [5.74, 6) is 1.75. The predicted octanol–water partition coefficient (Wildman–Crippen LogP) is 4.37. The molecule has 3 aromatic carbocycles. The average molecular weight is 520 g/mol. The van der Waals surface area contributed by atoms with E-state index in [1.54, 1.807) is 0 Å². The number of thiazole rings is 1. The van der Waals surface area contributed by atoms with Crippen molar-refractivity contribution in [2.24, 2.45) is 0 Å². The standard InChI is InChI=1S/C29H21N5O3S/c1-18-11-13-19(14-12-18)26-20(16-33(31-26)21-7-3-2-4-8-21)15-25-28(35)34-29(38-25)30-27(32-34)24-17-36-22-9-5-6-10-23(22)37-24/h2-16,24H,17H2,1H3. The van der Waals surface area contributed by atoms with E-state index in [-0.39, 0.29) is 12.2 Å². The minimum atomic E-state index is -0.485. The van der Waals surface area contributed by atoms with Crippen molar-refractivity contribution in [3.63, 3.8) is 0 Å². The van der Waals surface area contributed by atoms with Crippen LogP contribution in [-0.2, 0) is 0 Å². The highest BCUT2D eigenvalue weighted by atomic mass is 32.1. The van der Waals surface area contributed by atoms with E-state index in [2.05, 4.69) is 29.1 Å². The van der Waals surface area contributed by atoms with Gasteiger partial charge in [-0.1, -0.05) is 71.5 Å². The summed E-state index contributed by atoms with van der Waals surface area (Å²) >= 11 is 1.29. The molecular weight excluding hydrogens is 498 g/mol. The molecule has 0 N–H and O–H groups in total. The van der Waals surface area contributed by atoms with E-state index >= 15 is 0 Å². The molecule has 186 valence electrons. The molecule has 0 amide bonds. The number of aromatic nitrogens is 5. The van der Waals surface area contributed by atoms with Crippen LogP contribution in [0.15, 0.2) is 89.9 Å². The molecule has 38 heavy (non-hydrogen) atoms. The topological polar surface area (TPSA) is 83.5 Å². The van der Waals surface area contributed by atoms with Gasteiger partial charge in [0.2, 0.25) is 4.96 Å². The van der Waals surface area contributed by atoms with Crippen LogP contribution in [0.1, 0.15) is 23.1 Å². The van der Waals surface area contributed by atoms with E-state index in [0.29, 0.717) is 26.8 Å². The Morgan fingerprint density at radius 3 is 2.50 bits per heavy atom. The van der Waals surface area contributed by atoms with Crippen molar-refractivity contribution in [1.29, 1.82) is 0 Å². The second-order valence-corrected chi connectivity index (χ2v) is 10.0. The molecule has 9 heteroatoms. The number of hydrogen-bond acceptors (Lipinski definition) is 7. The Morgan fingerprint density at radius 2 is 1.71 bits per heavy atom. The van der Waals surface area contributed by atoms with Crippen LogP contribution in [0.25, 0.3) is 28.0 Å². The molecule has 3 aromatic heterocycles. The predicted molar refractivity (Wildman–Crippen MR) is 145 cm³/mol.